The van der Waals surface area contributed by atoms with Crippen molar-refractivity contribution in [2.45, 2.75) is 37.4 Å². The molecule has 1 N–H and O–H groups in total. The van der Waals surface area contributed by atoms with E-state index in [2.05, 4.69) is 15.3 Å². The van der Waals surface area contributed by atoms with E-state index >= 15 is 0 Å². The molecule has 1 aromatic heterocycles. The van der Waals surface area contributed by atoms with Gasteiger partial charge in [-0.25, -0.2) is 18.4 Å². The monoisotopic (exact) mass is 372 g/mol. The van der Waals surface area contributed by atoms with Gasteiger partial charge >= 0.3 is 0 Å². The second-order valence-electron chi connectivity index (χ2n) is 6.26. The summed E-state index contributed by atoms with van der Waals surface area (Å²) in [4.78, 5) is 22.9. The lowest BCUT2D eigenvalue weighted by molar-refractivity contribution is 0.0948. The zero-order chi connectivity index (χ0) is 17.2. The molecule has 0 spiro atoms. The summed E-state index contributed by atoms with van der Waals surface area (Å²) >= 11 is 6.05. The largest absolute Gasteiger partial charge is 0.349 e. The van der Waals surface area contributed by atoms with Crippen molar-refractivity contribution in [2.24, 2.45) is 0 Å². The number of aromatic nitrogens is 2. The molecule has 1 amide bonds. The molecule has 1 atom stereocenters. The lowest BCUT2D eigenvalue weighted by Crippen LogP contribution is -2.40. The summed E-state index contributed by atoms with van der Waals surface area (Å²) in [7, 11) is -3.12. The van der Waals surface area contributed by atoms with Gasteiger partial charge in [0.05, 0.1) is 22.2 Å². The molecule has 2 aliphatic rings. The molecule has 2 aliphatic heterocycles. The Morgan fingerprint density at radius 1 is 1.29 bits per heavy atom. The molecule has 2 saturated heterocycles. The van der Waals surface area contributed by atoms with Gasteiger partial charge in [-0.15, -0.1) is 0 Å². The van der Waals surface area contributed by atoms with Gasteiger partial charge in [-0.3, -0.25) is 4.79 Å². The molecule has 0 aliphatic carbocycles. The van der Waals surface area contributed by atoms with Crippen LogP contribution in [0.3, 0.4) is 0 Å². The smallest absolute Gasteiger partial charge is 0.271 e. The first kappa shape index (κ1) is 17.4. The van der Waals surface area contributed by atoms with Crippen LogP contribution in [0.1, 0.15) is 42.6 Å². The second kappa shape index (κ2) is 7.23. The summed E-state index contributed by atoms with van der Waals surface area (Å²) in [5, 5.41) is 2.32. The highest BCUT2D eigenvalue weighted by atomic mass is 35.5. The number of carbonyl (C=O) groups excluding carboxylic acids is 1. The van der Waals surface area contributed by atoms with Crippen LogP contribution in [0.25, 0.3) is 0 Å². The number of rotatable bonds is 4. The van der Waals surface area contributed by atoms with E-state index in [1.807, 2.05) is 4.90 Å². The van der Waals surface area contributed by atoms with Gasteiger partial charge in [-0.2, -0.15) is 0 Å². The fraction of sp³-hybridized carbons (Fsp3) is 0.667. The molecule has 9 heteroatoms. The zero-order valence-corrected chi connectivity index (χ0v) is 14.9. The van der Waals surface area contributed by atoms with Crippen LogP contribution < -0.4 is 10.2 Å². The molecule has 1 aromatic rings. The number of sulfone groups is 1. The first-order valence-electron chi connectivity index (χ1n) is 8.24. The van der Waals surface area contributed by atoms with E-state index in [0.717, 1.165) is 32.4 Å². The first-order chi connectivity index (χ1) is 11.5. The first-order valence-corrected chi connectivity index (χ1v) is 10.3. The number of halogens is 1. The molecule has 0 aromatic carbocycles. The number of nitrogens with one attached hydrogen (secondary N) is 1. The predicted octanol–water partition coefficient (Wildman–Crippen LogP) is 1.43. The van der Waals surface area contributed by atoms with Crippen LogP contribution in [0, 0.1) is 0 Å². The van der Waals surface area contributed by atoms with Gasteiger partial charge in [0.15, 0.2) is 15.5 Å². The average Bonchev–Trinajstić information content (AvgIpc) is 3.08. The summed E-state index contributed by atoms with van der Waals surface area (Å²) in [5.74, 6) is 0.233. The SMILES string of the molecule is O=C(NCC1CCCCS1(=O)=O)c1nc(N2CCCC2)ncc1Cl. The fourth-order valence-electron chi connectivity index (χ4n) is 3.13. The number of hydrogen-bond acceptors (Lipinski definition) is 6. The number of anilines is 1. The lowest BCUT2D eigenvalue weighted by atomic mass is 10.2. The Morgan fingerprint density at radius 2 is 2.04 bits per heavy atom. The molecule has 3 heterocycles. The Morgan fingerprint density at radius 3 is 2.75 bits per heavy atom. The Balaban J connectivity index is 1.69. The minimum Gasteiger partial charge on any atom is -0.349 e. The minimum atomic E-state index is -3.12. The van der Waals surface area contributed by atoms with Crippen LogP contribution in [0.4, 0.5) is 5.95 Å². The van der Waals surface area contributed by atoms with Crippen LogP contribution in [0.15, 0.2) is 6.20 Å². The van der Waals surface area contributed by atoms with Crippen LogP contribution in [-0.2, 0) is 9.84 Å². The number of hydrogen-bond donors (Lipinski definition) is 1. The second-order valence-corrected chi connectivity index (χ2v) is 9.06. The molecule has 24 heavy (non-hydrogen) atoms. The van der Waals surface area contributed by atoms with Crippen molar-refractivity contribution in [3.8, 4) is 0 Å². The van der Waals surface area contributed by atoms with E-state index in [1.54, 1.807) is 0 Å². The Hall–Kier alpha value is -1.41. The molecule has 1 unspecified atom stereocenters. The molecule has 7 nitrogen and oxygen atoms in total. The van der Waals surface area contributed by atoms with Gasteiger partial charge in [-0.05, 0) is 25.7 Å². The zero-order valence-electron chi connectivity index (χ0n) is 13.4. The predicted molar refractivity (Wildman–Crippen MR) is 92.2 cm³/mol. The van der Waals surface area contributed by atoms with Crippen molar-refractivity contribution in [1.82, 2.24) is 15.3 Å². The maximum Gasteiger partial charge on any atom is 0.271 e. The summed E-state index contributed by atoms with van der Waals surface area (Å²) in [5.41, 5.74) is 0.0989. The third kappa shape index (κ3) is 3.80. The van der Waals surface area contributed by atoms with Crippen molar-refractivity contribution >= 4 is 33.3 Å². The van der Waals surface area contributed by atoms with Crippen LogP contribution >= 0.6 is 11.6 Å². The highest BCUT2D eigenvalue weighted by Crippen LogP contribution is 2.21. The highest BCUT2D eigenvalue weighted by molar-refractivity contribution is 7.92. The Kier molecular flexibility index (Phi) is 5.24. The van der Waals surface area contributed by atoms with Gasteiger partial charge in [0.25, 0.3) is 5.91 Å². The van der Waals surface area contributed by atoms with E-state index in [0.29, 0.717) is 18.8 Å². The van der Waals surface area contributed by atoms with Gasteiger partial charge in [0, 0.05) is 19.6 Å². The van der Waals surface area contributed by atoms with Crippen molar-refractivity contribution in [1.29, 1.82) is 0 Å². The third-order valence-electron chi connectivity index (χ3n) is 4.54. The van der Waals surface area contributed by atoms with E-state index in [9.17, 15) is 13.2 Å². The van der Waals surface area contributed by atoms with E-state index in [-0.39, 0.29) is 23.0 Å². The summed E-state index contributed by atoms with van der Waals surface area (Å²) in [6.45, 7) is 1.83. The normalized spacial score (nSPS) is 23.2. The van der Waals surface area contributed by atoms with E-state index in [1.165, 1.54) is 6.20 Å². The fourth-order valence-corrected chi connectivity index (χ4v) is 5.11. The summed E-state index contributed by atoms with van der Waals surface area (Å²) < 4.78 is 24.0. The number of nitrogens with zero attached hydrogens (tertiary/aromatic N) is 3. The lowest BCUT2D eigenvalue weighted by Gasteiger charge is -2.22. The van der Waals surface area contributed by atoms with Gasteiger partial charge < -0.3 is 10.2 Å². The molecule has 0 radical (unpaired) electrons. The molecule has 0 saturated carbocycles. The van der Waals surface area contributed by atoms with Crippen LogP contribution in [0.5, 0.6) is 0 Å². The maximum absolute atomic E-state index is 12.4. The van der Waals surface area contributed by atoms with Crippen molar-refractivity contribution < 1.29 is 13.2 Å². The topological polar surface area (TPSA) is 92.3 Å². The quantitative estimate of drug-likeness (QED) is 0.859. The third-order valence-corrected chi connectivity index (χ3v) is 7.09. The maximum atomic E-state index is 12.4. The molecular formula is C15H21ClN4O3S. The van der Waals surface area contributed by atoms with Crippen LogP contribution in [-0.4, -0.2) is 54.9 Å². The van der Waals surface area contributed by atoms with Gasteiger partial charge in [0.1, 0.15) is 0 Å². The molecule has 3 rings (SSSR count). The highest BCUT2D eigenvalue weighted by Gasteiger charge is 2.29. The van der Waals surface area contributed by atoms with Crippen LogP contribution in [0.2, 0.25) is 5.02 Å². The molecule has 0 bridgehead atoms. The van der Waals surface area contributed by atoms with Crippen molar-refractivity contribution in [2.75, 3.05) is 30.3 Å². The molecular weight excluding hydrogens is 352 g/mol. The number of amides is 1. The molecule has 2 fully saturated rings. The van der Waals surface area contributed by atoms with Gasteiger partial charge in [0.2, 0.25) is 5.95 Å². The van der Waals surface area contributed by atoms with E-state index in [4.69, 9.17) is 11.6 Å². The van der Waals surface area contributed by atoms with Crippen molar-refractivity contribution in [3.63, 3.8) is 0 Å². The van der Waals surface area contributed by atoms with E-state index < -0.39 is 21.0 Å². The standard InChI is InChI=1S/C15H21ClN4O3S/c16-12-10-18-15(20-6-2-3-7-20)19-13(12)14(21)17-9-11-5-1-4-8-24(11,22)23/h10-11H,1-9H2,(H,17,21). The Labute approximate surface area is 146 Å². The summed E-state index contributed by atoms with van der Waals surface area (Å²) in [6, 6.07) is 0. The van der Waals surface area contributed by atoms with Crippen molar-refractivity contribution in [3.05, 3.63) is 16.9 Å². The Bertz CT molecular complexity index is 719. The molecule has 132 valence electrons. The van der Waals surface area contributed by atoms with Gasteiger partial charge in [-0.1, -0.05) is 18.0 Å². The number of carbonyl (C=O) groups is 1. The average molecular weight is 373 g/mol. The minimum absolute atomic E-state index is 0.0978. The summed E-state index contributed by atoms with van der Waals surface area (Å²) in [6.07, 6.45) is 5.73.